The normalized spacial score (nSPS) is 27.4. The largest absolute Gasteiger partial charge is 0.481 e. The number of carbonyl (C=O) groups is 1. The van der Waals surface area contributed by atoms with Crippen molar-refractivity contribution >= 4 is 27.4 Å². The predicted molar refractivity (Wildman–Crippen MR) is 68.8 cm³/mol. The first-order valence-corrected chi connectivity index (χ1v) is 7.65. The lowest BCUT2D eigenvalue weighted by Crippen LogP contribution is -2.22. The summed E-state index contributed by atoms with van der Waals surface area (Å²) in [6, 6.07) is 6.02. The number of rotatable bonds is 3. The molecule has 3 atom stereocenters. The van der Waals surface area contributed by atoms with E-state index in [1.807, 2.05) is 0 Å². The Balaban J connectivity index is 2.33. The molecule has 1 aliphatic rings. The van der Waals surface area contributed by atoms with E-state index in [1.165, 1.54) is 12.1 Å². The third-order valence-electron chi connectivity index (χ3n) is 3.38. The smallest absolute Gasteiger partial charge is 0.309 e. The lowest BCUT2D eigenvalue weighted by atomic mass is 10.1. The highest BCUT2D eigenvalue weighted by Gasteiger charge is 2.44. The van der Waals surface area contributed by atoms with Crippen LogP contribution in [0, 0.1) is 5.92 Å². The van der Waals surface area contributed by atoms with E-state index in [1.54, 1.807) is 12.1 Å². The summed E-state index contributed by atoms with van der Waals surface area (Å²) in [5, 5.41) is 17.7. The molecule has 19 heavy (non-hydrogen) atoms. The first-order valence-electron chi connectivity index (χ1n) is 5.73. The van der Waals surface area contributed by atoms with Crippen molar-refractivity contribution in [2.24, 2.45) is 5.92 Å². The second-order valence-corrected chi connectivity index (χ2v) is 7.18. The second kappa shape index (κ2) is 5.11. The van der Waals surface area contributed by atoms with E-state index in [4.69, 9.17) is 16.7 Å². The summed E-state index contributed by atoms with van der Waals surface area (Å²) in [6.07, 6.45) is -1.31. The highest BCUT2D eigenvalue weighted by atomic mass is 35.5. The van der Waals surface area contributed by atoms with Gasteiger partial charge in [0.15, 0.2) is 9.84 Å². The van der Waals surface area contributed by atoms with Gasteiger partial charge in [-0.15, -0.1) is 0 Å². The molecule has 1 aromatic rings. The zero-order chi connectivity index (χ0) is 14.2. The molecule has 1 saturated carbocycles. The summed E-state index contributed by atoms with van der Waals surface area (Å²) < 4.78 is 24.8. The van der Waals surface area contributed by atoms with Crippen molar-refractivity contribution < 1.29 is 23.4 Å². The van der Waals surface area contributed by atoms with E-state index in [9.17, 15) is 18.3 Å². The third kappa shape index (κ3) is 2.61. The van der Waals surface area contributed by atoms with Crippen LogP contribution in [0.5, 0.6) is 0 Å². The van der Waals surface area contributed by atoms with Gasteiger partial charge in [0.25, 0.3) is 0 Å². The van der Waals surface area contributed by atoms with Crippen LogP contribution in [0.4, 0.5) is 0 Å². The maximum atomic E-state index is 12.4. The average Bonchev–Trinajstić information content (AvgIpc) is 2.72. The summed E-state index contributed by atoms with van der Waals surface area (Å²) in [4.78, 5) is 10.9. The van der Waals surface area contributed by atoms with Gasteiger partial charge in [0.1, 0.15) is 0 Å². The fourth-order valence-electron chi connectivity index (χ4n) is 2.34. The molecule has 2 N–H and O–H groups in total. The van der Waals surface area contributed by atoms with Crippen molar-refractivity contribution in [3.8, 4) is 0 Å². The van der Waals surface area contributed by atoms with Crippen molar-refractivity contribution in [1.29, 1.82) is 0 Å². The van der Waals surface area contributed by atoms with E-state index >= 15 is 0 Å². The number of carboxylic acids is 1. The maximum Gasteiger partial charge on any atom is 0.309 e. The molecule has 0 aliphatic heterocycles. The molecule has 0 saturated heterocycles. The van der Waals surface area contributed by atoms with E-state index in [-0.39, 0.29) is 22.8 Å². The molecular formula is C12H13ClO5S. The standard InChI is InChI=1S/C12H13ClO5S/c13-9-3-1-2-4-11(9)19(17,18)7-5-8(12(15)16)10(14)6-7/h1-4,7-8,10,14H,5-6H2,(H,15,16)/t7-,8+,10+/m0/s1. The molecule has 0 bridgehead atoms. The van der Waals surface area contributed by atoms with Crippen molar-refractivity contribution in [2.45, 2.75) is 29.1 Å². The number of hydrogen-bond donors (Lipinski definition) is 2. The molecule has 2 rings (SSSR count). The zero-order valence-corrected chi connectivity index (χ0v) is 11.4. The maximum absolute atomic E-state index is 12.4. The summed E-state index contributed by atoms with van der Waals surface area (Å²) in [5.41, 5.74) is 0. The van der Waals surface area contributed by atoms with E-state index < -0.39 is 33.1 Å². The van der Waals surface area contributed by atoms with Crippen molar-refractivity contribution in [3.63, 3.8) is 0 Å². The Morgan fingerprint density at radius 2 is 1.89 bits per heavy atom. The molecule has 1 fully saturated rings. The van der Waals surface area contributed by atoms with Crippen molar-refractivity contribution in [3.05, 3.63) is 29.3 Å². The van der Waals surface area contributed by atoms with Gasteiger partial charge in [0.05, 0.1) is 27.2 Å². The highest BCUT2D eigenvalue weighted by molar-refractivity contribution is 7.92. The molecule has 1 aliphatic carbocycles. The summed E-state index contributed by atoms with van der Waals surface area (Å²) in [7, 11) is -3.72. The minimum Gasteiger partial charge on any atom is -0.481 e. The summed E-state index contributed by atoms with van der Waals surface area (Å²) >= 11 is 5.86. The van der Waals surface area contributed by atoms with E-state index in [0.29, 0.717) is 0 Å². The van der Waals surface area contributed by atoms with E-state index in [0.717, 1.165) is 0 Å². The molecule has 7 heteroatoms. The molecule has 0 heterocycles. The number of carboxylic acid groups (broad SMARTS) is 1. The van der Waals surface area contributed by atoms with Crippen LogP contribution >= 0.6 is 11.6 Å². The summed E-state index contributed by atoms with van der Waals surface area (Å²) in [5.74, 6) is -2.22. The van der Waals surface area contributed by atoms with Crippen molar-refractivity contribution in [2.75, 3.05) is 0 Å². The highest BCUT2D eigenvalue weighted by Crippen LogP contribution is 2.36. The second-order valence-electron chi connectivity index (χ2n) is 4.58. The Morgan fingerprint density at radius 3 is 2.42 bits per heavy atom. The quantitative estimate of drug-likeness (QED) is 0.879. The zero-order valence-electron chi connectivity index (χ0n) is 9.86. The van der Waals surface area contributed by atoms with Gasteiger partial charge in [-0.25, -0.2) is 8.42 Å². The lowest BCUT2D eigenvalue weighted by molar-refractivity contribution is -0.144. The molecular weight excluding hydrogens is 292 g/mol. The Hall–Kier alpha value is -1.11. The van der Waals surface area contributed by atoms with Gasteiger partial charge in [-0.1, -0.05) is 23.7 Å². The minimum atomic E-state index is -3.72. The monoisotopic (exact) mass is 304 g/mol. The van der Waals surface area contributed by atoms with Crippen LogP contribution in [-0.4, -0.2) is 36.0 Å². The molecule has 1 aromatic carbocycles. The number of halogens is 1. The molecule has 0 amide bonds. The average molecular weight is 305 g/mol. The number of sulfone groups is 1. The summed E-state index contributed by atoms with van der Waals surface area (Å²) in [6.45, 7) is 0. The molecule has 0 unspecified atom stereocenters. The van der Waals surface area contributed by atoms with Gasteiger partial charge in [0.2, 0.25) is 0 Å². The number of benzene rings is 1. The first-order chi connectivity index (χ1) is 8.84. The molecule has 0 aromatic heterocycles. The molecule has 104 valence electrons. The number of hydrogen-bond acceptors (Lipinski definition) is 4. The fraction of sp³-hybridized carbons (Fsp3) is 0.417. The predicted octanol–water partition coefficient (Wildman–Crippen LogP) is 1.34. The topological polar surface area (TPSA) is 91.7 Å². The Bertz CT molecular complexity index is 598. The molecule has 0 spiro atoms. The first kappa shape index (κ1) is 14.3. The Kier molecular flexibility index (Phi) is 3.85. The van der Waals surface area contributed by atoms with Crippen LogP contribution in [0.25, 0.3) is 0 Å². The van der Waals surface area contributed by atoms with Crippen molar-refractivity contribution in [1.82, 2.24) is 0 Å². The Morgan fingerprint density at radius 1 is 1.26 bits per heavy atom. The molecule has 5 nitrogen and oxygen atoms in total. The van der Waals surface area contributed by atoms with Gasteiger partial charge in [-0.2, -0.15) is 0 Å². The number of aliphatic hydroxyl groups is 1. The van der Waals surface area contributed by atoms with Gasteiger partial charge in [-0.3, -0.25) is 4.79 Å². The SMILES string of the molecule is O=C(O)[C@@H]1C[C@H](S(=O)(=O)c2ccccc2Cl)C[C@H]1O. The van der Waals surface area contributed by atoms with E-state index in [2.05, 4.69) is 0 Å². The third-order valence-corrected chi connectivity index (χ3v) is 6.06. The molecule has 0 radical (unpaired) electrons. The van der Waals surface area contributed by atoms with Gasteiger partial charge >= 0.3 is 5.97 Å². The minimum absolute atomic E-state index is 0.0140. The van der Waals surface area contributed by atoms with Crippen LogP contribution in [0.2, 0.25) is 5.02 Å². The lowest BCUT2D eigenvalue weighted by Gasteiger charge is -2.12. The Labute approximate surface area is 115 Å². The van der Waals surface area contributed by atoms with Crippen LogP contribution in [0.3, 0.4) is 0 Å². The van der Waals surface area contributed by atoms with Crippen LogP contribution in [0.15, 0.2) is 29.2 Å². The fourth-order valence-corrected chi connectivity index (χ4v) is 4.68. The van der Waals surface area contributed by atoms with Gasteiger partial charge in [-0.05, 0) is 25.0 Å². The number of aliphatic hydroxyl groups excluding tert-OH is 1. The van der Waals surface area contributed by atoms with Gasteiger partial charge < -0.3 is 10.2 Å². The number of aliphatic carboxylic acids is 1. The van der Waals surface area contributed by atoms with Crippen LogP contribution in [-0.2, 0) is 14.6 Å². The van der Waals surface area contributed by atoms with Gasteiger partial charge in [0, 0.05) is 0 Å². The van der Waals surface area contributed by atoms with Crippen LogP contribution in [0.1, 0.15) is 12.8 Å². The van der Waals surface area contributed by atoms with Crippen LogP contribution < -0.4 is 0 Å².